The highest BCUT2D eigenvalue weighted by atomic mass is 16.7. The van der Waals surface area contributed by atoms with Crippen LogP contribution in [0.5, 0.6) is 17.2 Å². The summed E-state index contributed by atoms with van der Waals surface area (Å²) in [6.07, 6.45) is 1.41. The lowest BCUT2D eigenvalue weighted by Crippen LogP contribution is -2.34. The third-order valence-corrected chi connectivity index (χ3v) is 3.97. The number of benzene rings is 2. The summed E-state index contributed by atoms with van der Waals surface area (Å²) in [7, 11) is 0. The number of hydrogen-bond acceptors (Lipinski definition) is 8. The Hall–Kier alpha value is -4.08. The highest BCUT2D eigenvalue weighted by molar-refractivity contribution is 5.97. The molecule has 0 spiro atoms. The Balaban J connectivity index is 1.43. The number of carbonyl (C=O) groups is 3. The molecule has 1 heterocycles. The molecule has 0 unspecified atom stereocenters. The van der Waals surface area contributed by atoms with E-state index in [1.807, 2.05) is 0 Å². The van der Waals surface area contributed by atoms with Crippen LogP contribution in [0.15, 0.2) is 47.6 Å². The Labute approximate surface area is 178 Å². The summed E-state index contributed by atoms with van der Waals surface area (Å²) in [6.45, 7) is 1.65. The van der Waals surface area contributed by atoms with Gasteiger partial charge in [0.25, 0.3) is 11.8 Å². The van der Waals surface area contributed by atoms with Crippen molar-refractivity contribution >= 4 is 24.0 Å². The molecular weight excluding hydrogens is 406 g/mol. The van der Waals surface area contributed by atoms with Gasteiger partial charge in [0.2, 0.25) is 6.79 Å². The van der Waals surface area contributed by atoms with E-state index < -0.39 is 17.8 Å². The number of rotatable bonds is 9. The summed E-state index contributed by atoms with van der Waals surface area (Å²) < 4.78 is 20.5. The van der Waals surface area contributed by atoms with Crippen molar-refractivity contribution in [3.05, 3.63) is 53.6 Å². The number of nitrogens with one attached hydrogen (secondary N) is 2. The third kappa shape index (κ3) is 6.46. The van der Waals surface area contributed by atoms with Gasteiger partial charge in [-0.05, 0) is 42.8 Å². The molecule has 2 amide bonds. The van der Waals surface area contributed by atoms with Crippen LogP contribution in [-0.2, 0) is 14.3 Å². The zero-order chi connectivity index (χ0) is 22.1. The number of carbonyl (C=O) groups excluding carboxylic acids is 3. The van der Waals surface area contributed by atoms with Crippen molar-refractivity contribution in [3.63, 3.8) is 0 Å². The van der Waals surface area contributed by atoms with E-state index >= 15 is 0 Å². The molecule has 31 heavy (non-hydrogen) atoms. The smallest absolute Gasteiger partial charge is 0.344 e. The average Bonchev–Trinajstić information content (AvgIpc) is 3.24. The predicted molar refractivity (Wildman–Crippen MR) is 109 cm³/mol. The largest absolute Gasteiger partial charge is 0.482 e. The van der Waals surface area contributed by atoms with Crippen LogP contribution in [0.4, 0.5) is 0 Å². The van der Waals surface area contributed by atoms with Crippen molar-refractivity contribution in [1.29, 1.82) is 0 Å². The minimum Gasteiger partial charge on any atom is -0.482 e. The summed E-state index contributed by atoms with van der Waals surface area (Å²) in [6, 6.07) is 11.5. The van der Waals surface area contributed by atoms with Crippen LogP contribution in [0.2, 0.25) is 0 Å². The van der Waals surface area contributed by atoms with E-state index in [0.29, 0.717) is 28.4 Å². The maximum Gasteiger partial charge on any atom is 0.344 e. The van der Waals surface area contributed by atoms with Crippen LogP contribution in [0.1, 0.15) is 22.8 Å². The lowest BCUT2D eigenvalue weighted by Gasteiger charge is -2.06. The van der Waals surface area contributed by atoms with Gasteiger partial charge in [0.05, 0.1) is 19.4 Å². The van der Waals surface area contributed by atoms with Crippen LogP contribution in [0.25, 0.3) is 0 Å². The van der Waals surface area contributed by atoms with Crippen molar-refractivity contribution in [2.75, 3.05) is 26.6 Å². The van der Waals surface area contributed by atoms with Crippen LogP contribution in [0, 0.1) is 0 Å². The summed E-state index contributed by atoms with van der Waals surface area (Å²) in [5, 5.41) is 6.35. The van der Waals surface area contributed by atoms with Gasteiger partial charge < -0.3 is 24.3 Å². The number of fused-ring (bicyclic) bond motifs is 1. The minimum atomic E-state index is -0.500. The van der Waals surface area contributed by atoms with Crippen LogP contribution >= 0.6 is 0 Å². The van der Waals surface area contributed by atoms with Crippen molar-refractivity contribution < 1.29 is 33.3 Å². The summed E-state index contributed by atoms with van der Waals surface area (Å²) in [4.78, 5) is 35.4. The van der Waals surface area contributed by atoms with Gasteiger partial charge in [-0.2, -0.15) is 5.10 Å². The molecule has 0 radical (unpaired) electrons. The molecule has 0 atom stereocenters. The fourth-order valence-electron chi connectivity index (χ4n) is 2.55. The molecule has 10 nitrogen and oxygen atoms in total. The maximum atomic E-state index is 12.2. The molecule has 0 fully saturated rings. The molecule has 0 saturated carbocycles. The van der Waals surface area contributed by atoms with Gasteiger partial charge in [-0.1, -0.05) is 12.1 Å². The monoisotopic (exact) mass is 427 g/mol. The van der Waals surface area contributed by atoms with Crippen molar-refractivity contribution in [2.24, 2.45) is 5.10 Å². The maximum absolute atomic E-state index is 12.2. The topological polar surface area (TPSA) is 125 Å². The van der Waals surface area contributed by atoms with Gasteiger partial charge in [0, 0.05) is 5.56 Å². The van der Waals surface area contributed by atoms with E-state index in [1.54, 1.807) is 49.4 Å². The number of hydrogen-bond donors (Lipinski definition) is 2. The molecule has 1 aliphatic heterocycles. The fraction of sp³-hybridized carbons (Fsp3) is 0.238. The van der Waals surface area contributed by atoms with Crippen LogP contribution in [0.3, 0.4) is 0 Å². The second kappa shape index (κ2) is 10.6. The molecule has 2 N–H and O–H groups in total. The Kier molecular flexibility index (Phi) is 7.41. The lowest BCUT2D eigenvalue weighted by molar-refractivity contribution is -0.145. The average molecular weight is 427 g/mol. The Bertz CT molecular complexity index is 991. The Morgan fingerprint density at radius 2 is 1.97 bits per heavy atom. The molecule has 0 aromatic heterocycles. The third-order valence-electron chi connectivity index (χ3n) is 3.97. The summed E-state index contributed by atoms with van der Waals surface area (Å²) >= 11 is 0. The first-order valence-electron chi connectivity index (χ1n) is 9.43. The van der Waals surface area contributed by atoms with Gasteiger partial charge in [-0.3, -0.25) is 9.59 Å². The normalized spacial score (nSPS) is 11.8. The van der Waals surface area contributed by atoms with E-state index in [4.69, 9.17) is 18.9 Å². The first-order chi connectivity index (χ1) is 15.0. The Morgan fingerprint density at radius 3 is 2.81 bits per heavy atom. The van der Waals surface area contributed by atoms with E-state index in [-0.39, 0.29) is 26.6 Å². The van der Waals surface area contributed by atoms with Crippen LogP contribution in [-0.4, -0.2) is 50.5 Å². The number of ether oxygens (including phenoxy) is 4. The van der Waals surface area contributed by atoms with Gasteiger partial charge in [-0.25, -0.2) is 10.2 Å². The highest BCUT2D eigenvalue weighted by Crippen LogP contribution is 2.32. The van der Waals surface area contributed by atoms with Gasteiger partial charge in [0.15, 0.2) is 18.1 Å². The highest BCUT2D eigenvalue weighted by Gasteiger charge is 2.16. The van der Waals surface area contributed by atoms with E-state index in [9.17, 15) is 14.4 Å². The molecule has 0 saturated heterocycles. The van der Waals surface area contributed by atoms with Gasteiger partial charge in [-0.15, -0.1) is 0 Å². The molecule has 0 bridgehead atoms. The zero-order valence-corrected chi connectivity index (χ0v) is 16.8. The summed E-state index contributed by atoms with van der Waals surface area (Å²) in [5.74, 6) is 0.119. The first kappa shape index (κ1) is 21.6. The molecule has 3 rings (SSSR count). The zero-order valence-electron chi connectivity index (χ0n) is 16.8. The second-order valence-corrected chi connectivity index (χ2v) is 6.21. The number of nitrogens with zero attached hydrogens (tertiary/aromatic N) is 1. The molecule has 1 aliphatic rings. The molecule has 10 heteroatoms. The second-order valence-electron chi connectivity index (χ2n) is 6.21. The van der Waals surface area contributed by atoms with Crippen LogP contribution < -0.4 is 25.0 Å². The van der Waals surface area contributed by atoms with E-state index in [2.05, 4.69) is 15.8 Å². The fourth-order valence-corrected chi connectivity index (χ4v) is 2.55. The van der Waals surface area contributed by atoms with E-state index in [1.165, 1.54) is 6.21 Å². The molecule has 2 aromatic carbocycles. The van der Waals surface area contributed by atoms with Crippen molar-refractivity contribution in [3.8, 4) is 17.2 Å². The number of esters is 1. The molecule has 2 aromatic rings. The molecule has 0 aliphatic carbocycles. The quantitative estimate of drug-likeness (QED) is 0.350. The van der Waals surface area contributed by atoms with E-state index in [0.717, 1.165) is 0 Å². The van der Waals surface area contributed by atoms with Gasteiger partial charge >= 0.3 is 5.97 Å². The predicted octanol–water partition coefficient (Wildman–Crippen LogP) is 1.24. The SMILES string of the molecule is CCOC(=O)COc1cccc(/C=N/NC(=O)CNC(=O)c2ccc3c(c2)OCO3)c1. The summed E-state index contributed by atoms with van der Waals surface area (Å²) in [5.41, 5.74) is 3.31. The van der Waals surface area contributed by atoms with Gasteiger partial charge in [0.1, 0.15) is 5.75 Å². The standard InChI is InChI=1S/C21H21N3O7/c1-2-28-20(26)12-29-16-5-3-4-14(8-16)10-23-24-19(25)11-22-21(27)15-6-7-17-18(9-15)31-13-30-17/h3-10H,2,11-13H2,1H3,(H,22,27)(H,24,25)/b23-10+. The first-order valence-corrected chi connectivity index (χ1v) is 9.43. The lowest BCUT2D eigenvalue weighted by atomic mass is 10.2. The molecule has 162 valence electrons. The number of hydrazone groups is 1. The Morgan fingerprint density at radius 1 is 1.13 bits per heavy atom. The van der Waals surface area contributed by atoms with Crippen molar-refractivity contribution in [1.82, 2.24) is 10.7 Å². The number of amides is 2. The molecular formula is C21H21N3O7. The minimum absolute atomic E-state index is 0.112. The van der Waals surface area contributed by atoms with Crippen molar-refractivity contribution in [2.45, 2.75) is 6.92 Å².